The lowest BCUT2D eigenvalue weighted by Crippen LogP contribution is -2.41. The Hall–Kier alpha value is -0.123. The van der Waals surface area contributed by atoms with Gasteiger partial charge < -0.3 is 4.74 Å². The minimum atomic E-state index is -1.06. The number of hydrogen-bond donors (Lipinski definition) is 0. The molecule has 1 atom stereocenters. The van der Waals surface area contributed by atoms with Crippen molar-refractivity contribution in [3.05, 3.63) is 12.2 Å². The largest absolute Gasteiger partial charge is 0.383 e. The second kappa shape index (κ2) is 6.55. The van der Waals surface area contributed by atoms with Gasteiger partial charge in [-0.15, -0.1) is 0 Å². The van der Waals surface area contributed by atoms with Crippen LogP contribution in [0.2, 0.25) is 25.7 Å². The molecule has 112 valence electrons. The average molecular weight is 284 g/mol. The second-order valence-corrected chi connectivity index (χ2v) is 13.4. The minimum Gasteiger partial charge on any atom is -0.383 e. The van der Waals surface area contributed by atoms with Crippen LogP contribution >= 0.6 is 0 Å². The van der Waals surface area contributed by atoms with Crippen molar-refractivity contribution in [3.8, 4) is 0 Å². The quantitative estimate of drug-likeness (QED) is 0.517. The zero-order chi connectivity index (χ0) is 14.7. The molecule has 1 rings (SSSR count). The Bertz CT molecular complexity index is 306. The molecule has 1 fully saturated rings. The lowest BCUT2D eigenvalue weighted by Gasteiger charge is -2.37. The molecule has 19 heavy (non-hydrogen) atoms. The molecule has 1 aliphatic rings. The molecular formula is C16H33NOSi. The van der Waals surface area contributed by atoms with Gasteiger partial charge in [0.05, 0.1) is 6.61 Å². The molecule has 2 nitrogen and oxygen atoms in total. The van der Waals surface area contributed by atoms with E-state index in [-0.39, 0.29) is 5.41 Å². The highest BCUT2D eigenvalue weighted by atomic mass is 28.3. The number of ether oxygens (including phenoxy) is 1. The number of nitrogens with zero attached hydrogens (tertiary/aromatic N) is 1. The summed E-state index contributed by atoms with van der Waals surface area (Å²) in [6.07, 6.45) is 2.59. The molecule has 0 amide bonds. The summed E-state index contributed by atoms with van der Waals surface area (Å²) in [6.45, 7) is 19.6. The van der Waals surface area contributed by atoms with Crippen molar-refractivity contribution < 1.29 is 4.74 Å². The van der Waals surface area contributed by atoms with Crippen molar-refractivity contribution >= 4 is 8.07 Å². The molecule has 0 aromatic rings. The van der Waals surface area contributed by atoms with Gasteiger partial charge in [-0.25, -0.2) is 0 Å². The molecule has 0 spiro atoms. The highest BCUT2D eigenvalue weighted by molar-refractivity contribution is 6.76. The lowest BCUT2D eigenvalue weighted by atomic mass is 9.85. The summed E-state index contributed by atoms with van der Waals surface area (Å²) in [7, 11) is 0.750. The number of likely N-dealkylation sites (tertiary alicyclic amines) is 1. The first-order valence-electron chi connectivity index (χ1n) is 7.57. The van der Waals surface area contributed by atoms with E-state index in [1.54, 1.807) is 0 Å². The van der Waals surface area contributed by atoms with Crippen molar-refractivity contribution in [2.24, 2.45) is 5.41 Å². The van der Waals surface area contributed by atoms with E-state index in [0.717, 1.165) is 13.2 Å². The van der Waals surface area contributed by atoms with Crippen LogP contribution in [0.4, 0.5) is 0 Å². The van der Waals surface area contributed by atoms with Gasteiger partial charge in [0, 0.05) is 27.8 Å². The van der Waals surface area contributed by atoms with Gasteiger partial charge in [0.15, 0.2) is 0 Å². The Balaban J connectivity index is 2.60. The average Bonchev–Trinajstić information content (AvgIpc) is 2.63. The molecule has 1 saturated heterocycles. The molecule has 0 aliphatic carbocycles. The second-order valence-electron chi connectivity index (χ2n) is 7.95. The third kappa shape index (κ3) is 5.40. The molecule has 1 heterocycles. The van der Waals surface area contributed by atoms with E-state index >= 15 is 0 Å². The minimum absolute atomic E-state index is 0.219. The third-order valence-electron chi connectivity index (χ3n) is 4.16. The fraction of sp³-hybridized carbons (Fsp3) is 0.875. The predicted molar refractivity (Wildman–Crippen MR) is 87.5 cm³/mol. The number of rotatable bonds is 7. The first-order chi connectivity index (χ1) is 8.65. The molecule has 0 aromatic heterocycles. The van der Waals surface area contributed by atoms with Crippen LogP contribution in [0.1, 0.15) is 26.7 Å². The number of methoxy groups -OCH3 is 1. The van der Waals surface area contributed by atoms with Gasteiger partial charge in [-0.1, -0.05) is 45.6 Å². The fourth-order valence-corrected chi connectivity index (χ4v) is 4.74. The SMILES string of the molecule is C=C(C[Si](C)(C)C)C(C)(C)CN1CCCC1COC. The maximum absolute atomic E-state index is 5.35. The van der Waals surface area contributed by atoms with E-state index in [4.69, 9.17) is 4.74 Å². The highest BCUT2D eigenvalue weighted by Gasteiger charge is 2.32. The normalized spacial score (nSPS) is 21.9. The van der Waals surface area contributed by atoms with Crippen LogP contribution in [0.15, 0.2) is 12.2 Å². The van der Waals surface area contributed by atoms with Crippen LogP contribution in [-0.4, -0.2) is 45.8 Å². The van der Waals surface area contributed by atoms with Gasteiger partial charge in [0.2, 0.25) is 0 Å². The summed E-state index contributed by atoms with van der Waals surface area (Å²) in [6, 6.07) is 1.85. The Kier molecular flexibility index (Phi) is 5.84. The van der Waals surface area contributed by atoms with Crippen LogP contribution in [0.25, 0.3) is 0 Å². The van der Waals surface area contributed by atoms with Crippen LogP contribution in [0.5, 0.6) is 0 Å². The fourth-order valence-electron chi connectivity index (χ4n) is 2.98. The van der Waals surface area contributed by atoms with Crippen LogP contribution < -0.4 is 0 Å². The van der Waals surface area contributed by atoms with Crippen molar-refractivity contribution in [3.63, 3.8) is 0 Å². The van der Waals surface area contributed by atoms with E-state index < -0.39 is 8.07 Å². The van der Waals surface area contributed by atoms with Gasteiger partial charge in [0.25, 0.3) is 0 Å². The number of hydrogen-bond acceptors (Lipinski definition) is 2. The third-order valence-corrected chi connectivity index (χ3v) is 5.64. The first kappa shape index (κ1) is 16.9. The topological polar surface area (TPSA) is 12.5 Å². The maximum Gasteiger partial charge on any atom is 0.0618 e. The van der Waals surface area contributed by atoms with E-state index in [1.165, 1.54) is 31.0 Å². The first-order valence-corrected chi connectivity index (χ1v) is 11.3. The molecule has 0 N–H and O–H groups in total. The summed E-state index contributed by atoms with van der Waals surface area (Å²) in [5.41, 5.74) is 1.66. The predicted octanol–water partition coefficient (Wildman–Crippen LogP) is 4.02. The van der Waals surface area contributed by atoms with Crippen LogP contribution in [0.3, 0.4) is 0 Å². The Morgan fingerprint density at radius 1 is 1.37 bits per heavy atom. The van der Waals surface area contributed by atoms with E-state index in [9.17, 15) is 0 Å². The molecule has 0 bridgehead atoms. The van der Waals surface area contributed by atoms with Gasteiger partial charge >= 0.3 is 0 Å². The van der Waals surface area contributed by atoms with Crippen molar-refractivity contribution in [1.29, 1.82) is 0 Å². The standard InChI is InChI=1S/C16H33NOSi/c1-14(12-19(5,6)7)16(2,3)13-17-10-8-9-15(17)11-18-4/h15H,1,8-13H2,2-7H3. The maximum atomic E-state index is 5.35. The molecule has 0 radical (unpaired) electrons. The smallest absolute Gasteiger partial charge is 0.0618 e. The molecule has 3 heteroatoms. The van der Waals surface area contributed by atoms with Crippen molar-refractivity contribution in [1.82, 2.24) is 4.90 Å². The zero-order valence-corrected chi connectivity index (χ0v) is 14.9. The monoisotopic (exact) mass is 283 g/mol. The lowest BCUT2D eigenvalue weighted by molar-refractivity contribution is 0.0976. The Morgan fingerprint density at radius 3 is 2.53 bits per heavy atom. The summed E-state index contributed by atoms with van der Waals surface area (Å²) in [4.78, 5) is 2.61. The molecule has 1 aliphatic heterocycles. The van der Waals surface area contributed by atoms with E-state index in [0.29, 0.717) is 6.04 Å². The summed E-state index contributed by atoms with van der Waals surface area (Å²) < 4.78 is 5.35. The summed E-state index contributed by atoms with van der Waals surface area (Å²) in [5, 5.41) is 0. The summed E-state index contributed by atoms with van der Waals surface area (Å²) >= 11 is 0. The zero-order valence-electron chi connectivity index (χ0n) is 13.9. The summed E-state index contributed by atoms with van der Waals surface area (Å²) in [5.74, 6) is 0. The van der Waals surface area contributed by atoms with Crippen LogP contribution in [0, 0.1) is 5.41 Å². The Morgan fingerprint density at radius 2 is 2.00 bits per heavy atom. The molecule has 0 saturated carbocycles. The molecule has 0 aromatic carbocycles. The van der Waals surface area contributed by atoms with Crippen molar-refractivity contribution in [2.75, 3.05) is 26.8 Å². The van der Waals surface area contributed by atoms with E-state index in [2.05, 4.69) is 45.0 Å². The van der Waals surface area contributed by atoms with Crippen LogP contribution in [-0.2, 0) is 4.74 Å². The van der Waals surface area contributed by atoms with Gasteiger partial charge in [0.1, 0.15) is 0 Å². The van der Waals surface area contributed by atoms with Crippen molar-refractivity contribution in [2.45, 2.75) is 58.4 Å². The van der Waals surface area contributed by atoms with Gasteiger partial charge in [-0.05, 0) is 30.8 Å². The molecular weight excluding hydrogens is 250 g/mol. The highest BCUT2D eigenvalue weighted by Crippen LogP contribution is 2.34. The van der Waals surface area contributed by atoms with Gasteiger partial charge in [-0.2, -0.15) is 0 Å². The van der Waals surface area contributed by atoms with Gasteiger partial charge in [-0.3, -0.25) is 4.90 Å². The Labute approximate surface area is 121 Å². The molecule has 1 unspecified atom stereocenters. The van der Waals surface area contributed by atoms with E-state index in [1.807, 2.05) is 7.11 Å².